The quantitative estimate of drug-likeness (QED) is 0.790. The number of piperidine rings is 1. The van der Waals surface area contributed by atoms with E-state index in [4.69, 9.17) is 5.73 Å². The highest BCUT2D eigenvalue weighted by Gasteiger charge is 2.20. The van der Waals surface area contributed by atoms with Gasteiger partial charge in [-0.1, -0.05) is 25.5 Å². The molecule has 3 rings (SSSR count). The minimum absolute atomic E-state index is 0.217. The van der Waals surface area contributed by atoms with Crippen LogP contribution >= 0.6 is 11.3 Å². The number of primary amides is 1. The standard InChI is InChI=1S/C21H27N3O2S/c1-3-17-14(2)18(19(22)25)21(27-17)23-20(26)16-9-7-15(8-10-16)13-24-11-5-4-6-12-24/h7-10H,3-6,11-13H2,1-2H3,(H2,22,25)(H,23,26). The highest BCUT2D eigenvalue weighted by molar-refractivity contribution is 7.17. The van der Waals surface area contributed by atoms with Crippen molar-refractivity contribution in [2.45, 2.75) is 46.1 Å². The molecule has 0 bridgehead atoms. The van der Waals surface area contributed by atoms with Crippen LogP contribution in [0.15, 0.2) is 24.3 Å². The molecule has 0 unspecified atom stereocenters. The first kappa shape index (κ1) is 19.6. The molecule has 1 aromatic heterocycles. The zero-order chi connectivity index (χ0) is 19.4. The Labute approximate surface area is 164 Å². The zero-order valence-corrected chi connectivity index (χ0v) is 16.8. The number of aryl methyl sites for hydroxylation is 1. The van der Waals surface area contributed by atoms with Crippen molar-refractivity contribution in [1.82, 2.24) is 4.90 Å². The molecule has 2 heterocycles. The van der Waals surface area contributed by atoms with Crippen LogP contribution in [0.2, 0.25) is 0 Å². The summed E-state index contributed by atoms with van der Waals surface area (Å²) in [6.45, 7) is 7.12. The first-order chi connectivity index (χ1) is 13.0. The third kappa shape index (κ3) is 4.57. The lowest BCUT2D eigenvalue weighted by atomic mass is 10.1. The number of carbonyl (C=O) groups is 2. The van der Waals surface area contributed by atoms with Crippen molar-refractivity contribution in [2.75, 3.05) is 18.4 Å². The minimum Gasteiger partial charge on any atom is -0.365 e. The Balaban J connectivity index is 1.70. The summed E-state index contributed by atoms with van der Waals surface area (Å²) in [5, 5.41) is 3.41. The van der Waals surface area contributed by atoms with Gasteiger partial charge in [0.25, 0.3) is 11.8 Å². The Kier molecular flexibility index (Phi) is 6.29. The number of nitrogens with two attached hydrogens (primary N) is 1. The van der Waals surface area contributed by atoms with Gasteiger partial charge in [-0.25, -0.2) is 0 Å². The number of nitrogens with zero attached hydrogens (tertiary/aromatic N) is 1. The van der Waals surface area contributed by atoms with Gasteiger partial charge in [0.05, 0.1) is 5.56 Å². The minimum atomic E-state index is -0.504. The lowest BCUT2D eigenvalue weighted by Gasteiger charge is -2.26. The summed E-state index contributed by atoms with van der Waals surface area (Å²) in [7, 11) is 0. The molecule has 1 aliphatic rings. The fourth-order valence-corrected chi connectivity index (χ4v) is 4.74. The van der Waals surface area contributed by atoms with Gasteiger partial charge in [-0.3, -0.25) is 14.5 Å². The third-order valence-corrected chi connectivity index (χ3v) is 6.46. The molecule has 5 nitrogen and oxygen atoms in total. The highest BCUT2D eigenvalue weighted by Crippen LogP contribution is 2.33. The molecule has 6 heteroatoms. The van der Waals surface area contributed by atoms with E-state index in [1.54, 1.807) is 0 Å². The van der Waals surface area contributed by atoms with E-state index in [2.05, 4.69) is 10.2 Å². The molecule has 144 valence electrons. The molecule has 0 spiro atoms. The Morgan fingerprint density at radius 3 is 2.41 bits per heavy atom. The van der Waals surface area contributed by atoms with E-state index in [0.717, 1.165) is 36.5 Å². The largest absolute Gasteiger partial charge is 0.365 e. The smallest absolute Gasteiger partial charge is 0.256 e. The van der Waals surface area contributed by atoms with Gasteiger partial charge in [0.2, 0.25) is 0 Å². The molecular weight excluding hydrogens is 358 g/mol. The second-order valence-corrected chi connectivity index (χ2v) is 8.17. The predicted molar refractivity (Wildman–Crippen MR) is 110 cm³/mol. The molecule has 1 fully saturated rings. The number of benzene rings is 1. The number of amides is 2. The van der Waals surface area contributed by atoms with E-state index in [1.807, 2.05) is 38.1 Å². The van der Waals surface area contributed by atoms with Crippen LogP contribution in [0.3, 0.4) is 0 Å². The monoisotopic (exact) mass is 385 g/mol. The third-order valence-electron chi connectivity index (χ3n) is 5.11. The van der Waals surface area contributed by atoms with Crippen molar-refractivity contribution in [3.63, 3.8) is 0 Å². The SMILES string of the molecule is CCc1sc(NC(=O)c2ccc(CN3CCCCC3)cc2)c(C(N)=O)c1C. The van der Waals surface area contributed by atoms with Crippen molar-refractivity contribution >= 4 is 28.2 Å². The number of nitrogens with one attached hydrogen (secondary N) is 1. The number of carbonyl (C=O) groups excluding carboxylic acids is 2. The summed E-state index contributed by atoms with van der Waals surface area (Å²) in [5.41, 5.74) is 8.60. The molecular formula is C21H27N3O2S. The molecule has 0 atom stereocenters. The van der Waals surface area contributed by atoms with Crippen LogP contribution in [-0.2, 0) is 13.0 Å². The van der Waals surface area contributed by atoms with Gasteiger partial charge in [-0.2, -0.15) is 0 Å². The van der Waals surface area contributed by atoms with Crippen LogP contribution in [0.4, 0.5) is 5.00 Å². The van der Waals surface area contributed by atoms with Crippen molar-refractivity contribution in [3.05, 3.63) is 51.4 Å². The normalized spacial score (nSPS) is 14.9. The number of anilines is 1. The average molecular weight is 386 g/mol. The second-order valence-electron chi connectivity index (χ2n) is 7.06. The van der Waals surface area contributed by atoms with Crippen LogP contribution in [0, 0.1) is 6.92 Å². The van der Waals surface area contributed by atoms with Gasteiger partial charge in [0, 0.05) is 17.0 Å². The Bertz CT molecular complexity index is 821. The Hall–Kier alpha value is -2.18. The number of hydrogen-bond acceptors (Lipinski definition) is 4. The summed E-state index contributed by atoms with van der Waals surface area (Å²) in [5.74, 6) is -0.721. The van der Waals surface area contributed by atoms with E-state index < -0.39 is 5.91 Å². The van der Waals surface area contributed by atoms with Gasteiger partial charge in [0.15, 0.2) is 0 Å². The van der Waals surface area contributed by atoms with Crippen LogP contribution in [0.1, 0.15) is 62.9 Å². The maximum absolute atomic E-state index is 12.6. The fourth-order valence-electron chi connectivity index (χ4n) is 3.60. The van der Waals surface area contributed by atoms with Gasteiger partial charge in [-0.15, -0.1) is 11.3 Å². The molecule has 2 aromatic rings. The van der Waals surface area contributed by atoms with Crippen molar-refractivity contribution < 1.29 is 9.59 Å². The van der Waals surface area contributed by atoms with Crippen molar-refractivity contribution in [3.8, 4) is 0 Å². The molecule has 0 saturated carbocycles. The van der Waals surface area contributed by atoms with E-state index >= 15 is 0 Å². The molecule has 3 N–H and O–H groups in total. The molecule has 1 aromatic carbocycles. The molecule has 1 saturated heterocycles. The predicted octanol–water partition coefficient (Wildman–Crippen LogP) is 3.96. The summed E-state index contributed by atoms with van der Waals surface area (Å²) in [6, 6.07) is 7.71. The number of hydrogen-bond donors (Lipinski definition) is 2. The molecule has 0 aliphatic carbocycles. The van der Waals surface area contributed by atoms with Crippen LogP contribution in [-0.4, -0.2) is 29.8 Å². The van der Waals surface area contributed by atoms with Crippen LogP contribution < -0.4 is 11.1 Å². The summed E-state index contributed by atoms with van der Waals surface area (Å²) >= 11 is 1.42. The average Bonchev–Trinajstić information content (AvgIpc) is 2.98. The molecule has 2 amide bonds. The molecule has 27 heavy (non-hydrogen) atoms. The van der Waals surface area contributed by atoms with E-state index in [9.17, 15) is 9.59 Å². The first-order valence-electron chi connectivity index (χ1n) is 9.54. The summed E-state index contributed by atoms with van der Waals surface area (Å²) in [4.78, 5) is 28.0. The van der Waals surface area contributed by atoms with Gasteiger partial charge >= 0.3 is 0 Å². The number of thiophene rings is 1. The maximum atomic E-state index is 12.6. The topological polar surface area (TPSA) is 75.4 Å². The fraction of sp³-hybridized carbons (Fsp3) is 0.429. The maximum Gasteiger partial charge on any atom is 0.256 e. The Morgan fingerprint density at radius 2 is 1.81 bits per heavy atom. The second kappa shape index (κ2) is 8.67. The lowest BCUT2D eigenvalue weighted by molar-refractivity contribution is 0.100. The zero-order valence-electron chi connectivity index (χ0n) is 16.0. The summed E-state index contributed by atoms with van der Waals surface area (Å²) in [6.07, 6.45) is 4.66. The first-order valence-corrected chi connectivity index (χ1v) is 10.4. The van der Waals surface area contributed by atoms with Crippen LogP contribution in [0.5, 0.6) is 0 Å². The molecule has 0 radical (unpaired) electrons. The summed E-state index contributed by atoms with van der Waals surface area (Å²) < 4.78 is 0. The van der Waals surface area contributed by atoms with Crippen molar-refractivity contribution in [2.24, 2.45) is 5.73 Å². The molecule has 1 aliphatic heterocycles. The lowest BCUT2D eigenvalue weighted by Crippen LogP contribution is -2.29. The van der Waals surface area contributed by atoms with Gasteiger partial charge in [0.1, 0.15) is 5.00 Å². The number of likely N-dealkylation sites (tertiary alicyclic amines) is 1. The van der Waals surface area contributed by atoms with E-state index in [-0.39, 0.29) is 5.91 Å². The van der Waals surface area contributed by atoms with Crippen molar-refractivity contribution in [1.29, 1.82) is 0 Å². The van der Waals surface area contributed by atoms with Gasteiger partial charge in [-0.05, 0) is 62.5 Å². The highest BCUT2D eigenvalue weighted by atomic mass is 32.1. The van der Waals surface area contributed by atoms with E-state index in [1.165, 1.54) is 36.2 Å². The van der Waals surface area contributed by atoms with Crippen LogP contribution in [0.25, 0.3) is 0 Å². The van der Waals surface area contributed by atoms with E-state index in [0.29, 0.717) is 16.1 Å². The van der Waals surface area contributed by atoms with Gasteiger partial charge < -0.3 is 11.1 Å². The number of rotatable bonds is 6. The Morgan fingerprint density at radius 1 is 1.15 bits per heavy atom.